The third-order valence-electron chi connectivity index (χ3n) is 4.70. The smallest absolute Gasteiger partial charge is 0.269 e. The van der Waals surface area contributed by atoms with Crippen LogP contribution in [0.2, 0.25) is 0 Å². The van der Waals surface area contributed by atoms with E-state index in [0.29, 0.717) is 11.4 Å². The van der Waals surface area contributed by atoms with Gasteiger partial charge in [0, 0.05) is 6.20 Å². The molecule has 0 aliphatic heterocycles. The van der Waals surface area contributed by atoms with E-state index in [2.05, 4.69) is 4.98 Å². The molecule has 4 aromatic rings. The number of benzene rings is 2. The van der Waals surface area contributed by atoms with Crippen LogP contribution in [0.4, 0.5) is 0 Å². The summed E-state index contributed by atoms with van der Waals surface area (Å²) in [5, 5.41) is 9.66. The van der Waals surface area contributed by atoms with E-state index in [1.807, 2.05) is 6.92 Å². The van der Waals surface area contributed by atoms with Crippen LogP contribution in [0.5, 0.6) is 11.6 Å². The highest BCUT2D eigenvalue weighted by atomic mass is 32.2. The standard InChI is InChI=1S/C24H17N3O4S/c1-17-10-12-19(13-11-17)32(29,30)20(16-25)15-21-23(31-18-7-3-2-4-8-18)26-22-9-5-6-14-27(22)24(21)28/h2-15H,1H3. The van der Waals surface area contributed by atoms with Crippen molar-refractivity contribution < 1.29 is 13.2 Å². The van der Waals surface area contributed by atoms with Crippen LogP contribution >= 0.6 is 0 Å². The van der Waals surface area contributed by atoms with E-state index in [4.69, 9.17) is 4.74 Å². The van der Waals surface area contributed by atoms with Gasteiger partial charge in [0.25, 0.3) is 5.56 Å². The van der Waals surface area contributed by atoms with Crippen molar-refractivity contribution in [3.05, 3.63) is 105 Å². The first-order chi connectivity index (χ1) is 15.4. The molecular formula is C24H17N3O4S. The molecule has 2 heterocycles. The number of rotatable bonds is 5. The minimum absolute atomic E-state index is 0.0460. The lowest BCUT2D eigenvalue weighted by molar-refractivity contribution is 0.461. The van der Waals surface area contributed by atoms with Crippen molar-refractivity contribution in [3.8, 4) is 17.7 Å². The Bertz CT molecular complexity index is 1530. The molecular weight excluding hydrogens is 426 g/mol. The van der Waals surface area contributed by atoms with Gasteiger partial charge >= 0.3 is 0 Å². The van der Waals surface area contributed by atoms with Gasteiger partial charge in [-0.25, -0.2) is 8.42 Å². The second-order valence-corrected chi connectivity index (χ2v) is 8.83. The quantitative estimate of drug-likeness (QED) is 0.430. The van der Waals surface area contributed by atoms with Crippen LogP contribution in [0.25, 0.3) is 11.7 Å². The average Bonchev–Trinajstić information content (AvgIpc) is 2.80. The second kappa shape index (κ2) is 8.49. The molecule has 0 saturated heterocycles. The highest BCUT2D eigenvalue weighted by Crippen LogP contribution is 2.26. The Hall–Kier alpha value is -4.22. The predicted molar refractivity (Wildman–Crippen MR) is 120 cm³/mol. The van der Waals surface area contributed by atoms with Crippen molar-refractivity contribution in [2.24, 2.45) is 0 Å². The lowest BCUT2D eigenvalue weighted by atomic mass is 10.2. The first-order valence-electron chi connectivity index (χ1n) is 9.58. The van der Waals surface area contributed by atoms with E-state index in [0.717, 1.165) is 11.6 Å². The fraction of sp³-hybridized carbons (Fsp3) is 0.0417. The third kappa shape index (κ3) is 4.02. The van der Waals surface area contributed by atoms with Crippen molar-refractivity contribution in [1.29, 1.82) is 5.26 Å². The molecule has 8 heteroatoms. The molecule has 0 saturated carbocycles. The van der Waals surface area contributed by atoms with Crippen LogP contribution in [0.3, 0.4) is 0 Å². The number of hydrogen-bond acceptors (Lipinski definition) is 6. The van der Waals surface area contributed by atoms with E-state index in [-0.39, 0.29) is 16.3 Å². The van der Waals surface area contributed by atoms with E-state index in [1.165, 1.54) is 22.7 Å². The van der Waals surface area contributed by atoms with E-state index in [9.17, 15) is 18.5 Å². The Kier molecular flexibility index (Phi) is 5.58. The maximum atomic E-state index is 13.2. The number of fused-ring (bicyclic) bond motifs is 1. The van der Waals surface area contributed by atoms with E-state index in [1.54, 1.807) is 66.7 Å². The molecule has 0 aliphatic carbocycles. The fourth-order valence-corrected chi connectivity index (χ4v) is 4.17. The first kappa shape index (κ1) is 21.0. The second-order valence-electron chi connectivity index (χ2n) is 6.92. The largest absolute Gasteiger partial charge is 0.438 e. The van der Waals surface area contributed by atoms with Crippen LogP contribution in [-0.4, -0.2) is 17.8 Å². The topological polar surface area (TPSA) is 102 Å². The van der Waals surface area contributed by atoms with Gasteiger partial charge in [0.15, 0.2) is 0 Å². The van der Waals surface area contributed by atoms with Crippen LogP contribution in [-0.2, 0) is 9.84 Å². The van der Waals surface area contributed by atoms with Gasteiger partial charge in [-0.2, -0.15) is 10.2 Å². The fourth-order valence-electron chi connectivity index (χ4n) is 3.03. The molecule has 0 amide bonds. The number of aromatic nitrogens is 2. The summed E-state index contributed by atoms with van der Waals surface area (Å²) in [6, 6.07) is 21.5. The van der Waals surface area contributed by atoms with Crippen molar-refractivity contribution in [2.75, 3.05) is 0 Å². The van der Waals surface area contributed by atoms with Gasteiger partial charge < -0.3 is 4.74 Å². The minimum Gasteiger partial charge on any atom is -0.438 e. The normalized spacial score (nSPS) is 11.8. The summed E-state index contributed by atoms with van der Waals surface area (Å²) < 4.78 is 33.2. The number of nitriles is 1. The summed E-state index contributed by atoms with van der Waals surface area (Å²) in [5.74, 6) is 0.313. The zero-order valence-corrected chi connectivity index (χ0v) is 17.8. The Morgan fingerprint density at radius 3 is 2.41 bits per heavy atom. The number of allylic oxidation sites excluding steroid dienone is 1. The van der Waals surface area contributed by atoms with Crippen molar-refractivity contribution in [2.45, 2.75) is 11.8 Å². The number of pyridine rings is 1. The maximum absolute atomic E-state index is 13.2. The molecule has 2 aromatic carbocycles. The van der Waals surface area contributed by atoms with Gasteiger partial charge in [-0.1, -0.05) is 42.0 Å². The summed E-state index contributed by atoms with van der Waals surface area (Å²) in [7, 11) is -4.16. The molecule has 0 fully saturated rings. The highest BCUT2D eigenvalue weighted by Gasteiger charge is 2.23. The Morgan fingerprint density at radius 2 is 1.72 bits per heavy atom. The van der Waals surface area contributed by atoms with Crippen molar-refractivity contribution in [3.63, 3.8) is 0 Å². The number of sulfone groups is 1. The van der Waals surface area contributed by atoms with Crippen LogP contribution in [0, 0.1) is 18.3 Å². The molecule has 158 valence electrons. The van der Waals surface area contributed by atoms with Gasteiger partial charge in [0.1, 0.15) is 27.9 Å². The molecule has 0 radical (unpaired) electrons. The summed E-state index contributed by atoms with van der Waals surface area (Å²) >= 11 is 0. The van der Waals surface area contributed by atoms with Crippen molar-refractivity contribution >= 4 is 21.6 Å². The predicted octanol–water partition coefficient (Wildman–Crippen LogP) is 4.13. The number of aryl methyl sites for hydroxylation is 1. The lowest BCUT2D eigenvalue weighted by Gasteiger charge is -2.10. The van der Waals surface area contributed by atoms with E-state index < -0.39 is 20.3 Å². The molecule has 0 atom stereocenters. The number of para-hydroxylation sites is 1. The average molecular weight is 443 g/mol. The molecule has 0 aliphatic rings. The highest BCUT2D eigenvalue weighted by molar-refractivity contribution is 7.95. The molecule has 0 N–H and O–H groups in total. The zero-order chi connectivity index (χ0) is 22.7. The Labute approximate surface area is 184 Å². The molecule has 0 unspecified atom stereocenters. The third-order valence-corrected chi connectivity index (χ3v) is 6.38. The molecule has 2 aromatic heterocycles. The van der Waals surface area contributed by atoms with Crippen LogP contribution < -0.4 is 10.3 Å². The molecule has 32 heavy (non-hydrogen) atoms. The first-order valence-corrected chi connectivity index (χ1v) is 11.1. The molecule has 0 spiro atoms. The van der Waals surface area contributed by atoms with Gasteiger partial charge in [-0.15, -0.1) is 0 Å². The Balaban J connectivity index is 1.93. The van der Waals surface area contributed by atoms with Crippen LogP contribution in [0.15, 0.2) is 93.6 Å². The number of nitrogens with zero attached hydrogens (tertiary/aromatic N) is 3. The number of ether oxygens (including phenoxy) is 1. The molecule has 0 bridgehead atoms. The summed E-state index contributed by atoms with van der Waals surface area (Å²) in [6.45, 7) is 1.83. The van der Waals surface area contributed by atoms with Crippen molar-refractivity contribution in [1.82, 2.24) is 9.38 Å². The summed E-state index contributed by atoms with van der Waals surface area (Å²) in [4.78, 5) is 16.9. The number of hydrogen-bond donors (Lipinski definition) is 0. The lowest BCUT2D eigenvalue weighted by Crippen LogP contribution is -2.19. The van der Waals surface area contributed by atoms with Crippen LogP contribution in [0.1, 0.15) is 11.1 Å². The summed E-state index contributed by atoms with van der Waals surface area (Å²) in [5.41, 5.74) is 0.487. The summed E-state index contributed by atoms with van der Waals surface area (Å²) in [6.07, 6.45) is 2.52. The molecule has 7 nitrogen and oxygen atoms in total. The van der Waals surface area contributed by atoms with E-state index >= 15 is 0 Å². The Morgan fingerprint density at radius 1 is 1.03 bits per heavy atom. The van der Waals surface area contributed by atoms with Gasteiger partial charge in [-0.3, -0.25) is 9.20 Å². The molecule has 4 rings (SSSR count). The monoisotopic (exact) mass is 443 g/mol. The van der Waals surface area contributed by atoms with Gasteiger partial charge in [0.05, 0.1) is 4.90 Å². The zero-order valence-electron chi connectivity index (χ0n) is 17.0. The van der Waals surface area contributed by atoms with Gasteiger partial charge in [-0.05, 0) is 49.4 Å². The maximum Gasteiger partial charge on any atom is 0.269 e. The SMILES string of the molecule is Cc1ccc(S(=O)(=O)C(C#N)=Cc2c(Oc3ccccc3)nc3ccccn3c2=O)cc1. The van der Waals surface area contributed by atoms with Gasteiger partial charge in [0.2, 0.25) is 15.7 Å². The minimum atomic E-state index is -4.16.